The van der Waals surface area contributed by atoms with E-state index in [2.05, 4.69) is 36.2 Å². The Hall–Kier alpha value is -0.900. The van der Waals surface area contributed by atoms with Crippen molar-refractivity contribution in [1.82, 2.24) is 4.90 Å². The molecule has 1 aliphatic carbocycles. The SMILES string of the molecule is COCc1ccccc1C(CN)N(C)CC1CCC1. The second-order valence-corrected chi connectivity index (χ2v) is 5.62. The standard InChI is InChI=1S/C16H26N2O/c1-18(11-13-6-5-7-13)16(10-17)15-9-4-3-8-14(15)12-19-2/h3-4,8-9,13,16H,5-7,10-12,17H2,1-2H3. The van der Waals surface area contributed by atoms with Crippen LogP contribution in [0.2, 0.25) is 0 Å². The molecule has 1 aromatic rings. The maximum Gasteiger partial charge on any atom is 0.0716 e. The summed E-state index contributed by atoms with van der Waals surface area (Å²) in [6.07, 6.45) is 4.15. The Bertz CT molecular complexity index is 390. The minimum absolute atomic E-state index is 0.298. The summed E-state index contributed by atoms with van der Waals surface area (Å²) in [5.41, 5.74) is 8.59. The molecule has 1 fully saturated rings. The van der Waals surface area contributed by atoms with E-state index in [0.717, 1.165) is 12.5 Å². The van der Waals surface area contributed by atoms with Crippen molar-refractivity contribution < 1.29 is 4.74 Å². The molecular formula is C16H26N2O. The Morgan fingerprint density at radius 3 is 2.68 bits per heavy atom. The van der Waals surface area contributed by atoms with Gasteiger partial charge in [0.15, 0.2) is 0 Å². The highest BCUT2D eigenvalue weighted by atomic mass is 16.5. The highest BCUT2D eigenvalue weighted by molar-refractivity contribution is 5.30. The van der Waals surface area contributed by atoms with Crippen LogP contribution < -0.4 is 5.73 Å². The van der Waals surface area contributed by atoms with E-state index in [0.29, 0.717) is 19.2 Å². The lowest BCUT2D eigenvalue weighted by Gasteiger charge is -2.35. The Kier molecular flexibility index (Phi) is 5.37. The number of nitrogens with two attached hydrogens (primary N) is 1. The van der Waals surface area contributed by atoms with Crippen LogP contribution in [0.3, 0.4) is 0 Å². The number of methoxy groups -OCH3 is 1. The second kappa shape index (κ2) is 7.04. The van der Waals surface area contributed by atoms with E-state index < -0.39 is 0 Å². The van der Waals surface area contributed by atoms with Crippen LogP contribution in [-0.2, 0) is 11.3 Å². The average molecular weight is 262 g/mol. The molecule has 0 amide bonds. The van der Waals surface area contributed by atoms with Gasteiger partial charge in [-0.25, -0.2) is 0 Å². The third-order valence-corrected chi connectivity index (χ3v) is 4.24. The fraction of sp³-hybridized carbons (Fsp3) is 0.625. The van der Waals surface area contributed by atoms with Gasteiger partial charge in [0.2, 0.25) is 0 Å². The maximum absolute atomic E-state index is 6.02. The molecule has 0 bridgehead atoms. The summed E-state index contributed by atoms with van der Waals surface area (Å²) in [5, 5.41) is 0. The maximum atomic E-state index is 6.02. The van der Waals surface area contributed by atoms with Gasteiger partial charge >= 0.3 is 0 Å². The molecule has 1 aromatic carbocycles. The minimum Gasteiger partial charge on any atom is -0.380 e. The third-order valence-electron chi connectivity index (χ3n) is 4.24. The Labute approximate surface area is 116 Å². The first-order chi connectivity index (χ1) is 9.26. The third kappa shape index (κ3) is 3.56. The predicted octanol–water partition coefficient (Wildman–Crippen LogP) is 2.56. The molecule has 2 rings (SSSR count). The number of hydrogen-bond acceptors (Lipinski definition) is 3. The first-order valence-electron chi connectivity index (χ1n) is 7.23. The van der Waals surface area contributed by atoms with Crippen molar-refractivity contribution in [2.24, 2.45) is 11.7 Å². The number of nitrogens with zero attached hydrogens (tertiary/aromatic N) is 1. The average Bonchev–Trinajstić information content (AvgIpc) is 2.37. The fourth-order valence-electron chi connectivity index (χ4n) is 2.90. The summed E-state index contributed by atoms with van der Waals surface area (Å²) in [4.78, 5) is 2.42. The van der Waals surface area contributed by atoms with Gasteiger partial charge in [-0.3, -0.25) is 4.90 Å². The van der Waals surface area contributed by atoms with Gasteiger partial charge in [-0.2, -0.15) is 0 Å². The molecule has 106 valence electrons. The minimum atomic E-state index is 0.298. The van der Waals surface area contributed by atoms with Crippen LogP contribution in [0, 0.1) is 5.92 Å². The van der Waals surface area contributed by atoms with Gasteiger partial charge in [0, 0.05) is 26.2 Å². The van der Waals surface area contributed by atoms with Gasteiger partial charge in [-0.1, -0.05) is 30.7 Å². The molecule has 0 spiro atoms. The quantitative estimate of drug-likeness (QED) is 0.821. The van der Waals surface area contributed by atoms with E-state index in [1.165, 1.54) is 30.4 Å². The Morgan fingerprint density at radius 1 is 1.37 bits per heavy atom. The largest absolute Gasteiger partial charge is 0.380 e. The number of benzene rings is 1. The normalized spacial score (nSPS) is 17.5. The van der Waals surface area contributed by atoms with E-state index in [4.69, 9.17) is 10.5 Å². The van der Waals surface area contributed by atoms with Crippen molar-refractivity contribution in [3.8, 4) is 0 Å². The van der Waals surface area contributed by atoms with Crippen LogP contribution in [0.5, 0.6) is 0 Å². The lowest BCUT2D eigenvalue weighted by atomic mass is 9.84. The van der Waals surface area contributed by atoms with Crippen LogP contribution in [0.25, 0.3) is 0 Å². The molecule has 0 radical (unpaired) electrons. The number of rotatable bonds is 7. The molecule has 1 aliphatic rings. The van der Waals surface area contributed by atoms with E-state index in [-0.39, 0.29) is 0 Å². The molecule has 1 unspecified atom stereocenters. The van der Waals surface area contributed by atoms with Gasteiger partial charge in [0.25, 0.3) is 0 Å². The smallest absolute Gasteiger partial charge is 0.0716 e. The molecule has 2 N–H and O–H groups in total. The van der Waals surface area contributed by atoms with Crippen LogP contribution in [0.1, 0.15) is 36.4 Å². The Morgan fingerprint density at radius 2 is 2.11 bits per heavy atom. The highest BCUT2D eigenvalue weighted by Gasteiger charge is 2.24. The molecule has 0 heterocycles. The van der Waals surface area contributed by atoms with E-state index >= 15 is 0 Å². The van der Waals surface area contributed by atoms with Gasteiger partial charge in [-0.05, 0) is 36.9 Å². The zero-order chi connectivity index (χ0) is 13.7. The predicted molar refractivity (Wildman–Crippen MR) is 78.9 cm³/mol. The van der Waals surface area contributed by atoms with Crippen molar-refractivity contribution in [1.29, 1.82) is 0 Å². The first kappa shape index (κ1) is 14.5. The lowest BCUT2D eigenvalue weighted by Crippen LogP contribution is -2.36. The lowest BCUT2D eigenvalue weighted by molar-refractivity contribution is 0.158. The zero-order valence-electron chi connectivity index (χ0n) is 12.1. The summed E-state index contributed by atoms with van der Waals surface area (Å²) < 4.78 is 5.30. The van der Waals surface area contributed by atoms with Crippen molar-refractivity contribution in [3.63, 3.8) is 0 Å². The van der Waals surface area contributed by atoms with E-state index in [9.17, 15) is 0 Å². The first-order valence-corrected chi connectivity index (χ1v) is 7.23. The van der Waals surface area contributed by atoms with Crippen LogP contribution in [-0.4, -0.2) is 32.1 Å². The highest BCUT2D eigenvalue weighted by Crippen LogP contribution is 2.30. The van der Waals surface area contributed by atoms with E-state index in [1.807, 2.05) is 0 Å². The van der Waals surface area contributed by atoms with Crippen LogP contribution in [0.4, 0.5) is 0 Å². The molecule has 0 aromatic heterocycles. The van der Waals surface area contributed by atoms with Crippen molar-refractivity contribution >= 4 is 0 Å². The van der Waals surface area contributed by atoms with Gasteiger partial charge in [0.1, 0.15) is 0 Å². The topological polar surface area (TPSA) is 38.5 Å². The monoisotopic (exact) mass is 262 g/mol. The Balaban J connectivity index is 2.10. The molecule has 3 heteroatoms. The molecule has 1 atom stereocenters. The summed E-state index contributed by atoms with van der Waals surface area (Å²) in [6, 6.07) is 8.78. The van der Waals surface area contributed by atoms with Gasteiger partial charge in [-0.15, -0.1) is 0 Å². The van der Waals surface area contributed by atoms with Crippen LogP contribution >= 0.6 is 0 Å². The van der Waals surface area contributed by atoms with E-state index in [1.54, 1.807) is 7.11 Å². The number of ether oxygens (including phenoxy) is 1. The van der Waals surface area contributed by atoms with Crippen molar-refractivity contribution in [3.05, 3.63) is 35.4 Å². The molecule has 3 nitrogen and oxygen atoms in total. The molecule has 0 saturated heterocycles. The summed E-state index contributed by atoms with van der Waals surface area (Å²) in [7, 11) is 3.94. The molecule has 19 heavy (non-hydrogen) atoms. The molecule has 0 aliphatic heterocycles. The summed E-state index contributed by atoms with van der Waals surface area (Å²) in [6.45, 7) is 2.47. The molecule has 1 saturated carbocycles. The van der Waals surface area contributed by atoms with Crippen LogP contribution in [0.15, 0.2) is 24.3 Å². The molecular weight excluding hydrogens is 236 g/mol. The van der Waals surface area contributed by atoms with Gasteiger partial charge < -0.3 is 10.5 Å². The zero-order valence-corrected chi connectivity index (χ0v) is 12.1. The summed E-state index contributed by atoms with van der Waals surface area (Å²) >= 11 is 0. The summed E-state index contributed by atoms with van der Waals surface area (Å²) in [5.74, 6) is 0.869. The number of likely N-dealkylation sites (N-methyl/N-ethyl adjacent to an activating group) is 1. The van der Waals surface area contributed by atoms with Gasteiger partial charge in [0.05, 0.1) is 6.61 Å². The van der Waals surface area contributed by atoms with Crippen molar-refractivity contribution in [2.75, 3.05) is 27.2 Å². The number of hydrogen-bond donors (Lipinski definition) is 1. The second-order valence-electron chi connectivity index (χ2n) is 5.62. The van der Waals surface area contributed by atoms with Crippen molar-refractivity contribution in [2.45, 2.75) is 31.9 Å². The fourth-order valence-corrected chi connectivity index (χ4v) is 2.90.